The molecule has 1 aromatic heterocycles. The SMILES string of the molecule is Cc1cc2[nH]ncc2cc1S(N)(=O)=O. The molecule has 2 aromatic rings. The van der Waals surface area contributed by atoms with E-state index in [2.05, 4.69) is 10.2 Å². The van der Waals surface area contributed by atoms with Crippen LogP contribution in [0.3, 0.4) is 0 Å². The Labute approximate surface area is 81.0 Å². The quantitative estimate of drug-likeness (QED) is 0.720. The molecule has 0 aliphatic rings. The van der Waals surface area contributed by atoms with Gasteiger partial charge in [-0.3, -0.25) is 5.10 Å². The zero-order valence-electron chi connectivity index (χ0n) is 7.48. The second kappa shape index (κ2) is 2.79. The summed E-state index contributed by atoms with van der Waals surface area (Å²) in [5, 5.41) is 12.4. The zero-order valence-corrected chi connectivity index (χ0v) is 8.30. The molecule has 0 atom stereocenters. The third-order valence-corrected chi connectivity index (χ3v) is 3.10. The highest BCUT2D eigenvalue weighted by Crippen LogP contribution is 2.20. The number of H-pyrrole nitrogens is 1. The third-order valence-electron chi connectivity index (χ3n) is 2.04. The van der Waals surface area contributed by atoms with Gasteiger partial charge < -0.3 is 0 Å². The van der Waals surface area contributed by atoms with Gasteiger partial charge in [0.15, 0.2) is 0 Å². The van der Waals surface area contributed by atoms with Gasteiger partial charge in [-0.05, 0) is 24.6 Å². The number of aromatic nitrogens is 2. The standard InChI is InChI=1S/C8H9N3O2S/c1-5-2-7-6(4-10-11-7)3-8(5)14(9,12)13/h2-4H,1H3,(H,10,11)(H2,9,12,13). The van der Waals surface area contributed by atoms with E-state index in [1.54, 1.807) is 19.2 Å². The van der Waals surface area contributed by atoms with Gasteiger partial charge in [0.25, 0.3) is 0 Å². The summed E-state index contributed by atoms with van der Waals surface area (Å²) in [6, 6.07) is 3.23. The van der Waals surface area contributed by atoms with Crippen molar-refractivity contribution in [1.29, 1.82) is 0 Å². The Morgan fingerprint density at radius 3 is 2.79 bits per heavy atom. The minimum atomic E-state index is -3.64. The van der Waals surface area contributed by atoms with Gasteiger partial charge >= 0.3 is 0 Å². The Balaban J connectivity index is 2.84. The monoisotopic (exact) mass is 211 g/mol. The van der Waals surface area contributed by atoms with Crippen LogP contribution in [0.2, 0.25) is 0 Å². The van der Waals surface area contributed by atoms with E-state index < -0.39 is 10.0 Å². The van der Waals surface area contributed by atoms with Gasteiger partial charge in [0.05, 0.1) is 16.6 Å². The fourth-order valence-electron chi connectivity index (χ4n) is 1.39. The van der Waals surface area contributed by atoms with Crippen molar-refractivity contribution in [3.05, 3.63) is 23.9 Å². The first-order chi connectivity index (χ1) is 6.48. The van der Waals surface area contributed by atoms with E-state index in [4.69, 9.17) is 5.14 Å². The summed E-state index contributed by atoms with van der Waals surface area (Å²) in [6.07, 6.45) is 1.56. The number of hydrogen-bond donors (Lipinski definition) is 2. The number of sulfonamides is 1. The fraction of sp³-hybridized carbons (Fsp3) is 0.125. The average molecular weight is 211 g/mol. The lowest BCUT2D eigenvalue weighted by Gasteiger charge is -2.02. The lowest BCUT2D eigenvalue weighted by molar-refractivity contribution is 0.597. The Bertz CT molecular complexity index is 586. The normalized spacial score (nSPS) is 12.1. The number of rotatable bonds is 1. The molecule has 6 heteroatoms. The van der Waals surface area contributed by atoms with Gasteiger partial charge in [-0.2, -0.15) is 5.10 Å². The molecule has 3 N–H and O–H groups in total. The van der Waals surface area contributed by atoms with E-state index in [-0.39, 0.29) is 4.90 Å². The van der Waals surface area contributed by atoms with Crippen molar-refractivity contribution in [2.24, 2.45) is 5.14 Å². The fourth-order valence-corrected chi connectivity index (χ4v) is 2.18. The van der Waals surface area contributed by atoms with Crippen molar-refractivity contribution in [3.63, 3.8) is 0 Å². The van der Waals surface area contributed by atoms with E-state index in [1.807, 2.05) is 0 Å². The van der Waals surface area contributed by atoms with Crippen LogP contribution in [0.1, 0.15) is 5.56 Å². The van der Waals surface area contributed by atoms with E-state index in [9.17, 15) is 8.42 Å². The van der Waals surface area contributed by atoms with Crippen molar-refractivity contribution in [1.82, 2.24) is 10.2 Å². The molecule has 2 rings (SSSR count). The smallest absolute Gasteiger partial charge is 0.238 e. The van der Waals surface area contributed by atoms with Gasteiger partial charge in [-0.15, -0.1) is 0 Å². The summed E-state index contributed by atoms with van der Waals surface area (Å²) in [5.74, 6) is 0. The molecule has 0 aliphatic heterocycles. The molecule has 1 heterocycles. The molecule has 0 radical (unpaired) electrons. The number of aryl methyl sites for hydroxylation is 1. The van der Waals surface area contributed by atoms with Crippen LogP contribution in [-0.4, -0.2) is 18.6 Å². The van der Waals surface area contributed by atoms with Gasteiger partial charge in [0.2, 0.25) is 10.0 Å². The van der Waals surface area contributed by atoms with Crippen LogP contribution >= 0.6 is 0 Å². The van der Waals surface area contributed by atoms with Crippen LogP contribution in [-0.2, 0) is 10.0 Å². The lowest BCUT2D eigenvalue weighted by Crippen LogP contribution is -2.13. The summed E-state index contributed by atoms with van der Waals surface area (Å²) in [7, 11) is -3.64. The topological polar surface area (TPSA) is 88.8 Å². The van der Waals surface area contributed by atoms with E-state index in [0.29, 0.717) is 5.56 Å². The number of fused-ring (bicyclic) bond motifs is 1. The molecule has 0 bridgehead atoms. The maximum atomic E-state index is 11.2. The molecule has 0 fully saturated rings. The largest absolute Gasteiger partial charge is 0.278 e. The highest BCUT2D eigenvalue weighted by molar-refractivity contribution is 7.89. The summed E-state index contributed by atoms with van der Waals surface area (Å²) < 4.78 is 22.3. The molecule has 0 unspecified atom stereocenters. The van der Waals surface area contributed by atoms with Crippen LogP contribution in [0.15, 0.2) is 23.2 Å². The third kappa shape index (κ3) is 1.38. The molecular formula is C8H9N3O2S. The predicted octanol–water partition coefficient (Wildman–Crippen LogP) is 0.519. The first kappa shape index (κ1) is 9.17. The van der Waals surface area contributed by atoms with Crippen LogP contribution in [0.5, 0.6) is 0 Å². The zero-order chi connectivity index (χ0) is 10.3. The Morgan fingerprint density at radius 2 is 2.14 bits per heavy atom. The highest BCUT2D eigenvalue weighted by atomic mass is 32.2. The van der Waals surface area contributed by atoms with Crippen LogP contribution in [0, 0.1) is 6.92 Å². The summed E-state index contributed by atoms with van der Waals surface area (Å²) in [6.45, 7) is 1.69. The number of nitrogens with two attached hydrogens (primary N) is 1. The van der Waals surface area contributed by atoms with Gasteiger partial charge in [0, 0.05) is 5.39 Å². The number of benzene rings is 1. The number of hydrogen-bond acceptors (Lipinski definition) is 3. The van der Waals surface area contributed by atoms with E-state index >= 15 is 0 Å². The summed E-state index contributed by atoms with van der Waals surface area (Å²) in [4.78, 5) is 0.145. The van der Waals surface area contributed by atoms with Crippen molar-refractivity contribution < 1.29 is 8.42 Å². The molecule has 5 nitrogen and oxygen atoms in total. The Hall–Kier alpha value is -1.40. The van der Waals surface area contributed by atoms with Crippen LogP contribution < -0.4 is 5.14 Å². The van der Waals surface area contributed by atoms with Crippen LogP contribution in [0.4, 0.5) is 0 Å². The maximum Gasteiger partial charge on any atom is 0.238 e. The summed E-state index contributed by atoms with van der Waals surface area (Å²) in [5.41, 5.74) is 1.42. The molecule has 0 saturated heterocycles. The van der Waals surface area contributed by atoms with Gasteiger partial charge in [-0.25, -0.2) is 13.6 Å². The van der Waals surface area contributed by atoms with Crippen LogP contribution in [0.25, 0.3) is 10.9 Å². The molecular weight excluding hydrogens is 202 g/mol. The molecule has 0 saturated carbocycles. The van der Waals surface area contributed by atoms with E-state index in [0.717, 1.165) is 10.9 Å². The molecule has 0 amide bonds. The number of nitrogens with one attached hydrogen (secondary N) is 1. The predicted molar refractivity (Wildman–Crippen MR) is 52.2 cm³/mol. The first-order valence-corrected chi connectivity index (χ1v) is 5.49. The average Bonchev–Trinajstić information content (AvgIpc) is 2.47. The number of nitrogens with zero attached hydrogens (tertiary/aromatic N) is 1. The van der Waals surface area contributed by atoms with Crippen molar-refractivity contribution in [2.45, 2.75) is 11.8 Å². The van der Waals surface area contributed by atoms with Crippen molar-refractivity contribution in [3.8, 4) is 0 Å². The summed E-state index contributed by atoms with van der Waals surface area (Å²) >= 11 is 0. The molecule has 0 aliphatic carbocycles. The molecule has 14 heavy (non-hydrogen) atoms. The lowest BCUT2D eigenvalue weighted by atomic mass is 10.2. The Morgan fingerprint density at radius 1 is 1.43 bits per heavy atom. The Kier molecular flexibility index (Phi) is 1.83. The van der Waals surface area contributed by atoms with Crippen molar-refractivity contribution in [2.75, 3.05) is 0 Å². The first-order valence-electron chi connectivity index (χ1n) is 3.95. The maximum absolute atomic E-state index is 11.2. The second-order valence-electron chi connectivity index (χ2n) is 3.12. The minimum absolute atomic E-state index is 0.145. The van der Waals surface area contributed by atoms with Gasteiger partial charge in [0.1, 0.15) is 0 Å². The minimum Gasteiger partial charge on any atom is -0.278 e. The number of primary sulfonamides is 1. The highest BCUT2D eigenvalue weighted by Gasteiger charge is 2.12. The molecule has 1 aromatic carbocycles. The van der Waals surface area contributed by atoms with Gasteiger partial charge in [-0.1, -0.05) is 0 Å². The van der Waals surface area contributed by atoms with E-state index in [1.165, 1.54) is 6.07 Å². The molecule has 0 spiro atoms. The van der Waals surface area contributed by atoms with Crippen molar-refractivity contribution >= 4 is 20.9 Å². The molecule has 74 valence electrons. The second-order valence-corrected chi connectivity index (χ2v) is 4.65. The number of aromatic amines is 1.